The van der Waals surface area contributed by atoms with Gasteiger partial charge in [-0.05, 0) is 45.3 Å². The van der Waals surface area contributed by atoms with Gasteiger partial charge in [-0.25, -0.2) is 9.59 Å². The molecule has 0 radical (unpaired) electrons. The van der Waals surface area contributed by atoms with Crippen molar-refractivity contribution in [2.24, 2.45) is 0 Å². The molecule has 8 heteroatoms. The highest BCUT2D eigenvalue weighted by Crippen LogP contribution is 2.31. The van der Waals surface area contributed by atoms with E-state index in [4.69, 9.17) is 14.2 Å². The number of ether oxygens (including phenoxy) is 3. The molecule has 0 bridgehead atoms. The highest BCUT2D eigenvalue weighted by Gasteiger charge is 2.29. The molecular weight excluding hydrogens is 446 g/mol. The molecule has 35 heavy (non-hydrogen) atoms. The number of carbonyl (C=O) groups is 2. The van der Waals surface area contributed by atoms with Crippen molar-refractivity contribution in [3.05, 3.63) is 83.7 Å². The molecule has 0 unspecified atom stereocenters. The van der Waals surface area contributed by atoms with E-state index in [1.165, 1.54) is 11.2 Å². The summed E-state index contributed by atoms with van der Waals surface area (Å²) >= 11 is 0. The summed E-state index contributed by atoms with van der Waals surface area (Å²) in [6, 6.07) is 9.57. The van der Waals surface area contributed by atoms with Crippen LogP contribution in [0.25, 0.3) is 0 Å². The Kier molecular flexibility index (Phi) is 7.48. The third-order valence-corrected chi connectivity index (χ3v) is 5.80. The van der Waals surface area contributed by atoms with E-state index in [0.29, 0.717) is 31.9 Å². The van der Waals surface area contributed by atoms with E-state index in [1.807, 2.05) is 51.1 Å². The molecule has 1 fully saturated rings. The van der Waals surface area contributed by atoms with Crippen LogP contribution < -0.4 is 0 Å². The van der Waals surface area contributed by atoms with E-state index in [1.54, 1.807) is 17.3 Å². The molecule has 8 nitrogen and oxygen atoms in total. The Morgan fingerprint density at radius 2 is 1.77 bits per heavy atom. The maximum absolute atomic E-state index is 12.6. The van der Waals surface area contributed by atoms with Crippen LogP contribution in [0.3, 0.4) is 0 Å². The molecule has 0 saturated carbocycles. The summed E-state index contributed by atoms with van der Waals surface area (Å²) in [6.07, 6.45) is 9.91. The second-order valence-corrected chi connectivity index (χ2v) is 9.60. The van der Waals surface area contributed by atoms with E-state index in [0.717, 1.165) is 29.7 Å². The van der Waals surface area contributed by atoms with Crippen molar-refractivity contribution in [1.29, 1.82) is 0 Å². The van der Waals surface area contributed by atoms with Crippen LogP contribution in [0.15, 0.2) is 78.2 Å². The van der Waals surface area contributed by atoms with Gasteiger partial charge in [0.1, 0.15) is 24.2 Å². The van der Waals surface area contributed by atoms with Crippen LogP contribution in [0.2, 0.25) is 0 Å². The minimum absolute atomic E-state index is 0.201. The van der Waals surface area contributed by atoms with Crippen LogP contribution in [-0.2, 0) is 20.8 Å². The van der Waals surface area contributed by atoms with Crippen molar-refractivity contribution in [2.75, 3.05) is 26.2 Å². The van der Waals surface area contributed by atoms with Crippen LogP contribution in [0.4, 0.5) is 9.59 Å². The Morgan fingerprint density at radius 1 is 1.03 bits per heavy atom. The lowest BCUT2D eigenvalue weighted by Crippen LogP contribution is -2.49. The topological polar surface area (TPSA) is 71.6 Å². The average Bonchev–Trinajstić information content (AvgIpc) is 2.87. The molecule has 0 spiro atoms. The number of rotatable bonds is 4. The van der Waals surface area contributed by atoms with E-state index in [-0.39, 0.29) is 12.7 Å². The summed E-state index contributed by atoms with van der Waals surface area (Å²) in [4.78, 5) is 30.5. The molecule has 0 aromatic heterocycles. The van der Waals surface area contributed by atoms with Gasteiger partial charge in [-0.15, -0.1) is 0 Å². The standard InChI is InChI=1S/C27H33N3O5/c1-27(2,3)35-26(32)29-15-13-28(14-16-29)23-12-8-7-11-22(23)24-19-30(17-18-33-24)25(31)34-20-21-9-5-4-6-10-21/h4-6,8-10,12,17-19H,7,11,13-16,20H2,1-3H3. The van der Waals surface area contributed by atoms with E-state index in [9.17, 15) is 9.59 Å². The van der Waals surface area contributed by atoms with Gasteiger partial charge in [-0.3, -0.25) is 4.90 Å². The lowest BCUT2D eigenvalue weighted by atomic mass is 9.99. The fraction of sp³-hybridized carbons (Fsp3) is 0.407. The molecule has 0 N–H and O–H groups in total. The smallest absolute Gasteiger partial charge is 0.418 e. The summed E-state index contributed by atoms with van der Waals surface area (Å²) in [5, 5.41) is 0. The predicted octanol–water partition coefficient (Wildman–Crippen LogP) is 5.12. The van der Waals surface area contributed by atoms with Gasteiger partial charge < -0.3 is 24.0 Å². The highest BCUT2D eigenvalue weighted by atomic mass is 16.6. The first-order valence-electron chi connectivity index (χ1n) is 12.0. The summed E-state index contributed by atoms with van der Waals surface area (Å²) < 4.78 is 16.8. The monoisotopic (exact) mass is 479 g/mol. The first-order chi connectivity index (χ1) is 16.8. The van der Waals surface area contributed by atoms with Crippen LogP contribution >= 0.6 is 0 Å². The number of allylic oxidation sites excluding steroid dienone is 3. The van der Waals surface area contributed by atoms with Gasteiger partial charge in [0.25, 0.3) is 0 Å². The number of hydrogen-bond donors (Lipinski definition) is 0. The minimum Gasteiger partial charge on any atom is -0.462 e. The molecule has 4 rings (SSSR count). The van der Waals surface area contributed by atoms with Crippen molar-refractivity contribution in [3.8, 4) is 0 Å². The number of benzene rings is 1. The second kappa shape index (κ2) is 10.7. The number of piperazine rings is 1. The van der Waals surface area contributed by atoms with Gasteiger partial charge in [0.05, 0.1) is 12.4 Å². The van der Waals surface area contributed by atoms with Gasteiger partial charge in [-0.2, -0.15) is 0 Å². The van der Waals surface area contributed by atoms with Gasteiger partial charge in [0, 0.05) is 37.4 Å². The zero-order valence-electron chi connectivity index (χ0n) is 20.6. The maximum Gasteiger partial charge on any atom is 0.418 e. The number of hydrogen-bond acceptors (Lipinski definition) is 6. The molecule has 1 saturated heterocycles. The molecule has 1 aromatic rings. The number of nitrogens with zero attached hydrogens (tertiary/aromatic N) is 3. The van der Waals surface area contributed by atoms with Crippen LogP contribution in [0.5, 0.6) is 0 Å². The van der Waals surface area contributed by atoms with Gasteiger partial charge in [0.15, 0.2) is 0 Å². The lowest BCUT2D eigenvalue weighted by Gasteiger charge is -2.38. The van der Waals surface area contributed by atoms with Crippen molar-refractivity contribution in [1.82, 2.24) is 14.7 Å². The highest BCUT2D eigenvalue weighted by molar-refractivity contribution is 5.71. The normalized spacial score (nSPS) is 18.3. The Balaban J connectivity index is 1.42. The van der Waals surface area contributed by atoms with E-state index < -0.39 is 11.7 Å². The van der Waals surface area contributed by atoms with Crippen LogP contribution in [0.1, 0.15) is 39.2 Å². The van der Waals surface area contributed by atoms with E-state index in [2.05, 4.69) is 17.1 Å². The minimum atomic E-state index is -0.511. The molecule has 1 aromatic carbocycles. The van der Waals surface area contributed by atoms with Gasteiger partial charge in [0.2, 0.25) is 0 Å². The Morgan fingerprint density at radius 3 is 2.49 bits per heavy atom. The zero-order valence-corrected chi connectivity index (χ0v) is 20.6. The molecule has 1 aliphatic carbocycles. The fourth-order valence-corrected chi connectivity index (χ4v) is 4.08. The summed E-state index contributed by atoms with van der Waals surface area (Å²) in [5.74, 6) is 0.623. The largest absolute Gasteiger partial charge is 0.462 e. The molecular formula is C27H33N3O5. The molecule has 186 valence electrons. The van der Waals surface area contributed by atoms with Crippen molar-refractivity contribution in [2.45, 2.75) is 45.8 Å². The summed E-state index contributed by atoms with van der Waals surface area (Å²) in [6.45, 7) is 8.36. The quantitative estimate of drug-likeness (QED) is 0.597. The van der Waals surface area contributed by atoms with Gasteiger partial charge in [-0.1, -0.05) is 36.4 Å². The average molecular weight is 480 g/mol. The van der Waals surface area contributed by atoms with Gasteiger partial charge >= 0.3 is 12.2 Å². The van der Waals surface area contributed by atoms with Crippen LogP contribution in [0, 0.1) is 0 Å². The Labute approximate surface area is 206 Å². The van der Waals surface area contributed by atoms with Crippen molar-refractivity contribution < 1.29 is 23.8 Å². The molecule has 2 aliphatic heterocycles. The lowest BCUT2D eigenvalue weighted by molar-refractivity contribution is 0.0170. The summed E-state index contributed by atoms with van der Waals surface area (Å²) in [7, 11) is 0. The Bertz CT molecular complexity index is 1040. The third-order valence-electron chi connectivity index (χ3n) is 5.80. The molecule has 2 amide bonds. The third kappa shape index (κ3) is 6.47. The maximum atomic E-state index is 12.6. The first-order valence-corrected chi connectivity index (χ1v) is 12.0. The number of carbonyl (C=O) groups excluding carboxylic acids is 2. The SMILES string of the molecule is CC(C)(C)OC(=O)N1CCN(C2=C(C3=CN(C(=O)OCc4ccccc4)C=CO3)CCC=C2)CC1. The summed E-state index contributed by atoms with van der Waals surface area (Å²) in [5.41, 5.74) is 2.50. The van der Waals surface area contributed by atoms with E-state index >= 15 is 0 Å². The van der Waals surface area contributed by atoms with Crippen LogP contribution in [-0.4, -0.2) is 58.7 Å². The first kappa shape index (κ1) is 24.4. The van der Waals surface area contributed by atoms with Crippen molar-refractivity contribution in [3.63, 3.8) is 0 Å². The zero-order chi connectivity index (χ0) is 24.8. The Hall–Kier alpha value is -3.68. The molecule has 0 atom stereocenters. The number of amides is 2. The van der Waals surface area contributed by atoms with Crippen molar-refractivity contribution >= 4 is 12.2 Å². The fourth-order valence-electron chi connectivity index (χ4n) is 4.08. The second-order valence-electron chi connectivity index (χ2n) is 9.60. The predicted molar refractivity (Wildman–Crippen MR) is 132 cm³/mol. The molecule has 3 aliphatic rings. The molecule has 2 heterocycles.